The van der Waals surface area contributed by atoms with Crippen molar-refractivity contribution in [3.8, 4) is 11.5 Å². The summed E-state index contributed by atoms with van der Waals surface area (Å²) in [6, 6.07) is 6.68. The Labute approximate surface area is 134 Å². The van der Waals surface area contributed by atoms with Crippen molar-refractivity contribution in [3.05, 3.63) is 23.8 Å². The van der Waals surface area contributed by atoms with E-state index in [0.29, 0.717) is 12.6 Å². The Morgan fingerprint density at radius 1 is 1.27 bits per heavy atom. The van der Waals surface area contributed by atoms with Gasteiger partial charge in [0.1, 0.15) is 11.5 Å². The molecule has 1 aliphatic heterocycles. The van der Waals surface area contributed by atoms with Crippen molar-refractivity contribution in [1.82, 2.24) is 9.80 Å². The van der Waals surface area contributed by atoms with Crippen LogP contribution in [-0.4, -0.2) is 63.3 Å². The van der Waals surface area contributed by atoms with Gasteiger partial charge in [0, 0.05) is 37.8 Å². The molecule has 22 heavy (non-hydrogen) atoms. The van der Waals surface area contributed by atoms with Gasteiger partial charge >= 0.3 is 0 Å². The second-order valence-electron chi connectivity index (χ2n) is 5.90. The number of piperazine rings is 1. The van der Waals surface area contributed by atoms with Crippen LogP contribution in [0.5, 0.6) is 11.5 Å². The summed E-state index contributed by atoms with van der Waals surface area (Å²) < 4.78 is 10.9. The summed E-state index contributed by atoms with van der Waals surface area (Å²) in [6.45, 7) is 5.95. The van der Waals surface area contributed by atoms with Gasteiger partial charge in [-0.1, -0.05) is 6.92 Å². The molecule has 2 N–H and O–H groups in total. The first kappa shape index (κ1) is 17.1. The Balaban J connectivity index is 2.27. The van der Waals surface area contributed by atoms with Crippen molar-refractivity contribution in [2.24, 2.45) is 5.73 Å². The molecule has 0 spiro atoms. The molecule has 1 heterocycles. The normalized spacial score (nSPS) is 21.6. The van der Waals surface area contributed by atoms with Gasteiger partial charge in [-0.05, 0) is 31.7 Å². The van der Waals surface area contributed by atoms with Crippen molar-refractivity contribution < 1.29 is 9.47 Å². The Morgan fingerprint density at radius 3 is 2.64 bits per heavy atom. The Kier molecular flexibility index (Phi) is 6.06. The molecule has 2 atom stereocenters. The van der Waals surface area contributed by atoms with Gasteiger partial charge in [-0.3, -0.25) is 4.90 Å². The molecule has 2 rings (SSSR count). The maximum atomic E-state index is 6.12. The topological polar surface area (TPSA) is 51.0 Å². The summed E-state index contributed by atoms with van der Waals surface area (Å²) in [5.41, 5.74) is 7.24. The third-order valence-electron chi connectivity index (χ3n) is 4.74. The number of hydrogen-bond acceptors (Lipinski definition) is 5. The molecule has 5 heteroatoms. The predicted octanol–water partition coefficient (Wildman–Crippen LogP) is 1.73. The Bertz CT molecular complexity index is 481. The van der Waals surface area contributed by atoms with Crippen LogP contribution in [0, 0.1) is 0 Å². The Hall–Kier alpha value is -1.30. The van der Waals surface area contributed by atoms with E-state index in [0.717, 1.165) is 43.1 Å². The highest BCUT2D eigenvalue weighted by atomic mass is 16.5. The van der Waals surface area contributed by atoms with E-state index in [1.807, 2.05) is 12.1 Å². The number of nitrogens with zero attached hydrogens (tertiary/aromatic N) is 2. The minimum atomic E-state index is 0.160. The predicted molar refractivity (Wildman–Crippen MR) is 89.6 cm³/mol. The van der Waals surface area contributed by atoms with Gasteiger partial charge in [-0.15, -0.1) is 0 Å². The van der Waals surface area contributed by atoms with Crippen LogP contribution >= 0.6 is 0 Å². The molecule has 0 bridgehead atoms. The van der Waals surface area contributed by atoms with Crippen molar-refractivity contribution in [2.45, 2.75) is 25.4 Å². The second kappa shape index (κ2) is 7.81. The lowest BCUT2D eigenvalue weighted by atomic mass is 10.0. The quantitative estimate of drug-likeness (QED) is 0.867. The smallest absolute Gasteiger partial charge is 0.123 e. The molecule has 124 valence electrons. The molecule has 0 saturated carbocycles. The molecule has 0 amide bonds. The zero-order valence-electron chi connectivity index (χ0n) is 14.2. The van der Waals surface area contributed by atoms with Crippen LogP contribution < -0.4 is 15.2 Å². The van der Waals surface area contributed by atoms with Crippen molar-refractivity contribution in [2.75, 3.05) is 47.4 Å². The number of rotatable bonds is 6. The third-order valence-corrected chi connectivity index (χ3v) is 4.74. The molecule has 1 aromatic carbocycles. The van der Waals surface area contributed by atoms with Crippen molar-refractivity contribution in [3.63, 3.8) is 0 Å². The van der Waals surface area contributed by atoms with Gasteiger partial charge in [0.05, 0.1) is 20.3 Å². The molecular formula is C17H29N3O2. The number of likely N-dealkylation sites (N-methyl/N-ethyl adjacent to an activating group) is 1. The fourth-order valence-electron chi connectivity index (χ4n) is 3.27. The number of hydrogen-bond donors (Lipinski definition) is 1. The molecule has 0 aliphatic carbocycles. The van der Waals surface area contributed by atoms with Crippen LogP contribution in [0.4, 0.5) is 0 Å². The van der Waals surface area contributed by atoms with Crippen LogP contribution in [0.25, 0.3) is 0 Å². The zero-order chi connectivity index (χ0) is 16.1. The number of methoxy groups -OCH3 is 2. The van der Waals surface area contributed by atoms with E-state index in [2.05, 4.69) is 29.8 Å². The van der Waals surface area contributed by atoms with Crippen LogP contribution in [0.2, 0.25) is 0 Å². The summed E-state index contributed by atoms with van der Waals surface area (Å²) in [6.07, 6.45) is 1.15. The lowest BCUT2D eigenvalue weighted by Gasteiger charge is -2.43. The van der Waals surface area contributed by atoms with Gasteiger partial charge in [0.2, 0.25) is 0 Å². The zero-order valence-corrected chi connectivity index (χ0v) is 14.2. The molecular weight excluding hydrogens is 278 g/mol. The highest BCUT2D eigenvalue weighted by Crippen LogP contribution is 2.33. The summed E-state index contributed by atoms with van der Waals surface area (Å²) in [5.74, 6) is 1.72. The number of ether oxygens (including phenoxy) is 2. The first-order chi connectivity index (χ1) is 10.6. The standard InChI is InChI=1S/C17H29N3O2/c1-5-13-12-20(9-8-19(13)2)16(11-18)15-10-14(21-3)6-7-17(15)22-4/h6-7,10,13,16H,5,8-9,11-12,18H2,1-4H3. The molecule has 0 radical (unpaired) electrons. The van der Waals surface area contributed by atoms with Crippen LogP contribution in [0.3, 0.4) is 0 Å². The van der Waals surface area contributed by atoms with E-state index in [4.69, 9.17) is 15.2 Å². The SMILES string of the molecule is CCC1CN(C(CN)c2cc(OC)ccc2OC)CCN1C. The Morgan fingerprint density at radius 2 is 2.05 bits per heavy atom. The van der Waals surface area contributed by atoms with E-state index in [1.54, 1.807) is 14.2 Å². The number of nitrogens with two attached hydrogens (primary N) is 1. The van der Waals surface area contributed by atoms with Crippen molar-refractivity contribution >= 4 is 0 Å². The maximum Gasteiger partial charge on any atom is 0.123 e. The third kappa shape index (κ3) is 3.54. The van der Waals surface area contributed by atoms with E-state index >= 15 is 0 Å². The fraction of sp³-hybridized carbons (Fsp3) is 0.647. The highest BCUT2D eigenvalue weighted by Gasteiger charge is 2.29. The maximum absolute atomic E-state index is 6.12. The van der Waals surface area contributed by atoms with Gasteiger partial charge in [-0.2, -0.15) is 0 Å². The van der Waals surface area contributed by atoms with Gasteiger partial charge in [0.25, 0.3) is 0 Å². The van der Waals surface area contributed by atoms with Gasteiger partial charge < -0.3 is 20.1 Å². The van der Waals surface area contributed by atoms with E-state index < -0.39 is 0 Å². The van der Waals surface area contributed by atoms with Gasteiger partial charge in [0.15, 0.2) is 0 Å². The van der Waals surface area contributed by atoms with E-state index in [1.165, 1.54) is 0 Å². The summed E-state index contributed by atoms with van der Waals surface area (Å²) >= 11 is 0. The van der Waals surface area contributed by atoms with Crippen LogP contribution in [-0.2, 0) is 0 Å². The fourth-order valence-corrected chi connectivity index (χ4v) is 3.27. The van der Waals surface area contributed by atoms with Crippen molar-refractivity contribution in [1.29, 1.82) is 0 Å². The first-order valence-electron chi connectivity index (χ1n) is 8.00. The van der Waals surface area contributed by atoms with E-state index in [9.17, 15) is 0 Å². The van der Waals surface area contributed by atoms with Crippen LogP contribution in [0.15, 0.2) is 18.2 Å². The average molecular weight is 307 g/mol. The average Bonchev–Trinajstić information content (AvgIpc) is 2.56. The molecule has 0 aromatic heterocycles. The molecule has 1 fully saturated rings. The minimum Gasteiger partial charge on any atom is -0.497 e. The van der Waals surface area contributed by atoms with E-state index in [-0.39, 0.29) is 6.04 Å². The summed E-state index contributed by atoms with van der Waals surface area (Å²) in [7, 11) is 5.60. The monoisotopic (exact) mass is 307 g/mol. The summed E-state index contributed by atoms with van der Waals surface area (Å²) in [5, 5.41) is 0. The summed E-state index contributed by atoms with van der Waals surface area (Å²) in [4.78, 5) is 4.92. The lowest BCUT2D eigenvalue weighted by molar-refractivity contribution is 0.0635. The first-order valence-corrected chi connectivity index (χ1v) is 8.00. The molecule has 5 nitrogen and oxygen atoms in total. The van der Waals surface area contributed by atoms with Crippen LogP contribution in [0.1, 0.15) is 24.9 Å². The minimum absolute atomic E-state index is 0.160. The second-order valence-corrected chi connectivity index (χ2v) is 5.90. The molecule has 2 unspecified atom stereocenters. The largest absolute Gasteiger partial charge is 0.497 e. The molecule has 1 aromatic rings. The lowest BCUT2D eigenvalue weighted by Crippen LogP contribution is -2.53. The number of benzene rings is 1. The van der Waals surface area contributed by atoms with Gasteiger partial charge in [-0.25, -0.2) is 0 Å². The highest BCUT2D eigenvalue weighted by molar-refractivity contribution is 5.42. The molecule has 1 saturated heterocycles. The molecule has 1 aliphatic rings.